The van der Waals surface area contributed by atoms with Gasteiger partial charge in [-0.05, 0) is 37.1 Å². The van der Waals surface area contributed by atoms with E-state index in [1.807, 2.05) is 0 Å². The lowest BCUT2D eigenvalue weighted by molar-refractivity contribution is 0.136. The van der Waals surface area contributed by atoms with Crippen LogP contribution in [0.2, 0.25) is 0 Å². The minimum absolute atomic E-state index is 0. The van der Waals surface area contributed by atoms with E-state index in [9.17, 15) is 18.3 Å². The maximum atomic E-state index is 12.9. The Bertz CT molecular complexity index is 373. The van der Waals surface area contributed by atoms with Gasteiger partial charge in [0.1, 0.15) is 0 Å². The van der Waals surface area contributed by atoms with Gasteiger partial charge in [0, 0.05) is 6.04 Å². The highest BCUT2D eigenvalue weighted by Gasteiger charge is 2.25. The first-order chi connectivity index (χ1) is 7.59. The number of halogens is 4. The molecule has 0 radical (unpaired) electrons. The van der Waals surface area contributed by atoms with Gasteiger partial charge in [-0.25, -0.2) is 13.2 Å². The number of benzene rings is 1. The van der Waals surface area contributed by atoms with Gasteiger partial charge in [0.2, 0.25) is 0 Å². The Kier molecular flexibility index (Phi) is 4.80. The van der Waals surface area contributed by atoms with Gasteiger partial charge in [-0.15, -0.1) is 12.4 Å². The van der Waals surface area contributed by atoms with Crippen LogP contribution in [0.25, 0.3) is 0 Å². The number of aliphatic hydroxyl groups is 1. The Morgan fingerprint density at radius 3 is 2.29 bits per heavy atom. The van der Waals surface area contributed by atoms with Crippen LogP contribution in [-0.4, -0.2) is 17.7 Å². The summed E-state index contributed by atoms with van der Waals surface area (Å²) < 4.78 is 38.6. The van der Waals surface area contributed by atoms with Crippen LogP contribution in [0, 0.1) is 17.5 Å². The SMILES string of the molecule is Cl.OC(c1cc(F)c(F)c(F)c1)[C@H]1CCCN1. The molecule has 2 nitrogen and oxygen atoms in total. The highest BCUT2D eigenvalue weighted by atomic mass is 35.5. The first kappa shape index (κ1) is 14.3. The lowest BCUT2D eigenvalue weighted by Crippen LogP contribution is -2.28. The van der Waals surface area contributed by atoms with Crippen LogP contribution in [-0.2, 0) is 0 Å². The number of aliphatic hydroxyl groups excluding tert-OH is 1. The highest BCUT2D eigenvalue weighted by molar-refractivity contribution is 5.85. The zero-order valence-corrected chi connectivity index (χ0v) is 9.74. The predicted octanol–water partition coefficient (Wildman–Crippen LogP) is 2.31. The van der Waals surface area contributed by atoms with Crippen molar-refractivity contribution in [3.8, 4) is 0 Å². The molecule has 0 amide bonds. The minimum atomic E-state index is -1.50. The second kappa shape index (κ2) is 5.71. The van der Waals surface area contributed by atoms with Crippen LogP contribution in [0.5, 0.6) is 0 Å². The molecular weight excluding hydrogens is 255 g/mol. The normalized spacial score (nSPS) is 21.1. The second-order valence-electron chi connectivity index (χ2n) is 3.95. The molecule has 0 spiro atoms. The summed E-state index contributed by atoms with van der Waals surface area (Å²) in [7, 11) is 0. The van der Waals surface area contributed by atoms with Crippen molar-refractivity contribution >= 4 is 12.4 Å². The van der Waals surface area contributed by atoms with Gasteiger partial charge < -0.3 is 10.4 Å². The standard InChI is InChI=1S/C11H12F3NO.ClH/c12-7-4-6(5-8(13)10(7)14)11(16)9-2-1-3-15-9;/h4-5,9,11,15-16H,1-3H2;1H/t9-,11?;/m1./s1. The van der Waals surface area contributed by atoms with E-state index in [2.05, 4.69) is 5.32 Å². The fraction of sp³-hybridized carbons (Fsp3) is 0.455. The van der Waals surface area contributed by atoms with Crippen LogP contribution in [0.15, 0.2) is 12.1 Å². The topological polar surface area (TPSA) is 32.3 Å². The van der Waals surface area contributed by atoms with Crippen LogP contribution in [0.4, 0.5) is 13.2 Å². The van der Waals surface area contributed by atoms with Crippen molar-refractivity contribution in [1.29, 1.82) is 0 Å². The monoisotopic (exact) mass is 267 g/mol. The van der Waals surface area contributed by atoms with Crippen LogP contribution in [0.1, 0.15) is 24.5 Å². The lowest BCUT2D eigenvalue weighted by Gasteiger charge is -2.18. The number of hydrogen-bond donors (Lipinski definition) is 2. The summed E-state index contributed by atoms with van der Waals surface area (Å²) in [6, 6.07) is 1.45. The molecule has 0 aromatic heterocycles. The molecule has 1 aliphatic heterocycles. The summed E-state index contributed by atoms with van der Waals surface area (Å²) in [5.74, 6) is -4.05. The molecule has 96 valence electrons. The molecule has 17 heavy (non-hydrogen) atoms. The molecule has 1 saturated heterocycles. The van der Waals surface area contributed by atoms with Gasteiger partial charge in [0.15, 0.2) is 17.5 Å². The van der Waals surface area contributed by atoms with Crippen molar-refractivity contribution in [3.05, 3.63) is 35.1 Å². The molecule has 0 saturated carbocycles. The first-order valence-corrected chi connectivity index (χ1v) is 5.15. The lowest BCUT2D eigenvalue weighted by atomic mass is 10.0. The summed E-state index contributed by atoms with van der Waals surface area (Å²) in [6.45, 7) is 0.772. The van der Waals surface area contributed by atoms with E-state index in [0.29, 0.717) is 0 Å². The third-order valence-corrected chi connectivity index (χ3v) is 2.83. The van der Waals surface area contributed by atoms with E-state index in [-0.39, 0.29) is 24.0 Å². The molecule has 1 heterocycles. The first-order valence-electron chi connectivity index (χ1n) is 5.15. The van der Waals surface area contributed by atoms with Crippen LogP contribution < -0.4 is 5.32 Å². The molecule has 6 heteroatoms. The smallest absolute Gasteiger partial charge is 0.194 e. The molecule has 0 bridgehead atoms. The van der Waals surface area contributed by atoms with Gasteiger partial charge in [0.25, 0.3) is 0 Å². The van der Waals surface area contributed by atoms with Gasteiger partial charge in [-0.2, -0.15) is 0 Å². The van der Waals surface area contributed by atoms with Crippen molar-refractivity contribution in [3.63, 3.8) is 0 Å². The molecular formula is C11H13ClF3NO. The third-order valence-electron chi connectivity index (χ3n) is 2.83. The Hall–Kier alpha value is -0.780. The number of rotatable bonds is 2. The highest BCUT2D eigenvalue weighted by Crippen LogP contribution is 2.25. The number of nitrogens with one attached hydrogen (secondary N) is 1. The Morgan fingerprint density at radius 1 is 1.24 bits per heavy atom. The summed E-state index contributed by atoms with van der Waals surface area (Å²) in [5, 5.41) is 12.9. The van der Waals surface area contributed by atoms with Crippen molar-refractivity contribution in [1.82, 2.24) is 5.32 Å². The largest absolute Gasteiger partial charge is 0.387 e. The Morgan fingerprint density at radius 2 is 1.82 bits per heavy atom. The van der Waals surface area contributed by atoms with E-state index >= 15 is 0 Å². The number of hydrogen-bond acceptors (Lipinski definition) is 2. The Balaban J connectivity index is 0.00000144. The van der Waals surface area contributed by atoms with Crippen molar-refractivity contribution in [2.24, 2.45) is 0 Å². The summed E-state index contributed by atoms with van der Waals surface area (Å²) in [6.07, 6.45) is 0.641. The van der Waals surface area contributed by atoms with Crippen LogP contribution >= 0.6 is 12.4 Å². The average molecular weight is 268 g/mol. The van der Waals surface area contributed by atoms with Crippen LogP contribution in [0.3, 0.4) is 0 Å². The molecule has 2 rings (SSSR count). The van der Waals surface area contributed by atoms with Crippen molar-refractivity contribution in [2.75, 3.05) is 6.54 Å². The minimum Gasteiger partial charge on any atom is -0.387 e. The molecule has 1 aromatic carbocycles. The van der Waals surface area contributed by atoms with E-state index in [4.69, 9.17) is 0 Å². The van der Waals surface area contributed by atoms with Gasteiger partial charge in [-0.3, -0.25) is 0 Å². The molecule has 1 aromatic rings. The van der Waals surface area contributed by atoms with E-state index < -0.39 is 23.6 Å². The molecule has 1 unspecified atom stereocenters. The van der Waals surface area contributed by atoms with E-state index in [1.54, 1.807) is 0 Å². The third kappa shape index (κ3) is 2.91. The summed E-state index contributed by atoms with van der Waals surface area (Å²) >= 11 is 0. The molecule has 1 aliphatic rings. The molecule has 0 aliphatic carbocycles. The van der Waals surface area contributed by atoms with E-state index in [1.165, 1.54) is 0 Å². The fourth-order valence-corrected chi connectivity index (χ4v) is 1.96. The quantitative estimate of drug-likeness (QED) is 0.806. The summed E-state index contributed by atoms with van der Waals surface area (Å²) in [4.78, 5) is 0. The molecule has 1 fully saturated rings. The Labute approximate surface area is 103 Å². The van der Waals surface area contributed by atoms with Gasteiger partial charge in [0.05, 0.1) is 6.10 Å². The van der Waals surface area contributed by atoms with Crippen molar-refractivity contribution in [2.45, 2.75) is 25.0 Å². The summed E-state index contributed by atoms with van der Waals surface area (Å²) in [5.41, 5.74) is 0.0656. The van der Waals surface area contributed by atoms with Gasteiger partial charge in [-0.1, -0.05) is 0 Å². The van der Waals surface area contributed by atoms with E-state index in [0.717, 1.165) is 31.5 Å². The van der Waals surface area contributed by atoms with Crippen molar-refractivity contribution < 1.29 is 18.3 Å². The molecule has 2 atom stereocenters. The second-order valence-corrected chi connectivity index (χ2v) is 3.95. The van der Waals surface area contributed by atoms with Gasteiger partial charge >= 0.3 is 0 Å². The zero-order valence-electron chi connectivity index (χ0n) is 8.92. The predicted molar refractivity (Wildman–Crippen MR) is 59.5 cm³/mol. The molecule has 2 N–H and O–H groups in total. The maximum Gasteiger partial charge on any atom is 0.194 e. The zero-order chi connectivity index (χ0) is 11.7. The maximum absolute atomic E-state index is 12.9. The average Bonchev–Trinajstić information content (AvgIpc) is 2.77. The fourth-order valence-electron chi connectivity index (χ4n) is 1.96.